The molecule has 1 aromatic carbocycles. The number of hydrogen-bond donors (Lipinski definition) is 4. The number of alkyl halides is 6. The molecule has 16 heteroatoms. The van der Waals surface area contributed by atoms with E-state index in [1.165, 1.54) is 18.2 Å². The number of hydrogen-bond acceptors (Lipinski definition) is 7. The highest BCUT2D eigenvalue weighted by molar-refractivity contribution is 7.13. The number of rotatable bonds is 5. The fourth-order valence-electron chi connectivity index (χ4n) is 3.14. The quantitative estimate of drug-likeness (QED) is 0.264. The van der Waals surface area contributed by atoms with Gasteiger partial charge in [0, 0.05) is 5.56 Å². The molecule has 0 aliphatic rings. The van der Waals surface area contributed by atoms with E-state index in [2.05, 4.69) is 30.6 Å². The molecule has 1 atom stereocenters. The van der Waals surface area contributed by atoms with Crippen LogP contribution in [0.2, 0.25) is 0 Å². The largest absolute Gasteiger partial charge is 0.506 e. The summed E-state index contributed by atoms with van der Waals surface area (Å²) in [5.41, 5.74) is -1.29. The van der Waals surface area contributed by atoms with Crippen molar-refractivity contribution in [3.63, 3.8) is 0 Å². The zero-order chi connectivity index (χ0) is 27.1. The highest BCUT2D eigenvalue weighted by Crippen LogP contribution is 2.36. The number of imidazole rings is 1. The highest BCUT2D eigenvalue weighted by atomic mass is 32.1. The Morgan fingerprint density at radius 1 is 1.03 bits per heavy atom. The lowest BCUT2D eigenvalue weighted by Gasteiger charge is -2.11. The molecular weight excluding hydrogens is 530 g/mol. The SMILES string of the molecule is C[C@@H](NC(=O)c1ccc2nc(C(F)(F)F)[nH]c2c1)c1ncc(C(=O)Nc2cc(C(F)(F)F)c(O)cn2)s1. The predicted molar refractivity (Wildman–Crippen MR) is 118 cm³/mol. The number of benzene rings is 1. The second kappa shape index (κ2) is 9.34. The smallest absolute Gasteiger partial charge is 0.449 e. The lowest BCUT2D eigenvalue weighted by molar-refractivity contribution is -0.144. The Kier molecular flexibility index (Phi) is 6.53. The first-order valence-electron chi connectivity index (χ1n) is 10.1. The van der Waals surface area contributed by atoms with Crippen LogP contribution in [-0.2, 0) is 12.4 Å². The summed E-state index contributed by atoms with van der Waals surface area (Å²) >= 11 is 0.849. The molecule has 3 aromatic heterocycles. The van der Waals surface area contributed by atoms with Crippen LogP contribution in [0.15, 0.2) is 36.7 Å². The summed E-state index contributed by atoms with van der Waals surface area (Å²) in [6, 6.07) is 3.51. The Labute approximate surface area is 206 Å². The van der Waals surface area contributed by atoms with Crippen molar-refractivity contribution in [1.82, 2.24) is 25.3 Å². The zero-order valence-corrected chi connectivity index (χ0v) is 19.1. The van der Waals surface area contributed by atoms with Gasteiger partial charge in [0.2, 0.25) is 5.82 Å². The normalized spacial score (nSPS) is 12.9. The third-order valence-corrected chi connectivity index (χ3v) is 6.09. The zero-order valence-electron chi connectivity index (χ0n) is 18.3. The van der Waals surface area contributed by atoms with Crippen molar-refractivity contribution in [3.05, 3.63) is 63.5 Å². The number of amides is 2. The van der Waals surface area contributed by atoms with Crippen LogP contribution >= 0.6 is 11.3 Å². The number of nitrogens with one attached hydrogen (secondary N) is 3. The molecule has 194 valence electrons. The predicted octanol–water partition coefficient (Wildman–Crippen LogP) is 4.90. The Morgan fingerprint density at radius 3 is 2.43 bits per heavy atom. The van der Waals surface area contributed by atoms with E-state index in [-0.39, 0.29) is 26.5 Å². The number of halogens is 6. The van der Waals surface area contributed by atoms with E-state index in [1.54, 1.807) is 6.92 Å². The van der Waals surface area contributed by atoms with E-state index in [0.717, 1.165) is 17.5 Å². The van der Waals surface area contributed by atoms with Crippen molar-refractivity contribution in [1.29, 1.82) is 0 Å². The molecule has 0 radical (unpaired) electrons. The number of nitrogens with zero attached hydrogens (tertiary/aromatic N) is 3. The van der Waals surface area contributed by atoms with E-state index < -0.39 is 53.2 Å². The van der Waals surface area contributed by atoms with E-state index in [9.17, 15) is 41.0 Å². The second-order valence-electron chi connectivity index (χ2n) is 7.61. The summed E-state index contributed by atoms with van der Waals surface area (Å²) < 4.78 is 77.3. The van der Waals surface area contributed by atoms with Crippen LogP contribution in [0.25, 0.3) is 11.0 Å². The molecule has 37 heavy (non-hydrogen) atoms. The fourth-order valence-corrected chi connectivity index (χ4v) is 3.96. The molecule has 0 unspecified atom stereocenters. The van der Waals surface area contributed by atoms with E-state index in [4.69, 9.17) is 0 Å². The molecule has 0 saturated carbocycles. The summed E-state index contributed by atoms with van der Waals surface area (Å²) in [5.74, 6) is -4.19. The van der Waals surface area contributed by atoms with Crippen LogP contribution in [0.1, 0.15) is 49.4 Å². The molecule has 0 aliphatic heterocycles. The lowest BCUT2D eigenvalue weighted by Crippen LogP contribution is -2.26. The monoisotopic (exact) mass is 544 g/mol. The second-order valence-corrected chi connectivity index (χ2v) is 8.67. The van der Waals surface area contributed by atoms with Crippen molar-refractivity contribution in [2.75, 3.05) is 5.32 Å². The van der Waals surface area contributed by atoms with Gasteiger partial charge in [-0.05, 0) is 31.2 Å². The Bertz CT molecular complexity index is 1500. The number of H-pyrrole nitrogens is 1. The van der Waals surface area contributed by atoms with Gasteiger partial charge in [-0.2, -0.15) is 26.3 Å². The molecule has 0 spiro atoms. The molecule has 0 fully saturated rings. The van der Waals surface area contributed by atoms with Crippen LogP contribution in [0.3, 0.4) is 0 Å². The summed E-state index contributed by atoms with van der Waals surface area (Å²) in [6.07, 6.45) is -7.83. The summed E-state index contributed by atoms with van der Waals surface area (Å²) in [4.78, 5) is 38.2. The van der Waals surface area contributed by atoms with Gasteiger partial charge < -0.3 is 20.7 Å². The first-order valence-corrected chi connectivity index (χ1v) is 10.9. The molecule has 2 amide bonds. The topological polar surface area (TPSA) is 133 Å². The van der Waals surface area contributed by atoms with Gasteiger partial charge in [-0.3, -0.25) is 9.59 Å². The van der Waals surface area contributed by atoms with Gasteiger partial charge in [-0.15, -0.1) is 11.3 Å². The summed E-state index contributed by atoms with van der Waals surface area (Å²) in [7, 11) is 0. The summed E-state index contributed by atoms with van der Waals surface area (Å²) in [6.45, 7) is 1.55. The maximum Gasteiger partial charge on any atom is 0.449 e. The van der Waals surface area contributed by atoms with Gasteiger partial charge >= 0.3 is 12.4 Å². The average molecular weight is 544 g/mol. The van der Waals surface area contributed by atoms with Gasteiger partial charge in [0.05, 0.1) is 29.5 Å². The number of anilines is 1. The van der Waals surface area contributed by atoms with Crippen LogP contribution in [-0.4, -0.2) is 36.9 Å². The minimum absolute atomic E-state index is 0.00177. The number of carbonyl (C=O) groups excluding carboxylic acids is 2. The van der Waals surface area contributed by atoms with Crippen molar-refractivity contribution < 1.29 is 41.0 Å². The van der Waals surface area contributed by atoms with Crippen LogP contribution < -0.4 is 10.6 Å². The van der Waals surface area contributed by atoms with Gasteiger partial charge in [-0.1, -0.05) is 0 Å². The van der Waals surface area contributed by atoms with Crippen LogP contribution in [0.4, 0.5) is 32.2 Å². The summed E-state index contributed by atoms with van der Waals surface area (Å²) in [5, 5.41) is 14.4. The van der Waals surface area contributed by atoms with E-state index >= 15 is 0 Å². The molecule has 4 N–H and O–H groups in total. The van der Waals surface area contributed by atoms with Gasteiger partial charge in [0.25, 0.3) is 11.8 Å². The van der Waals surface area contributed by atoms with E-state index in [0.29, 0.717) is 12.3 Å². The molecule has 0 aliphatic carbocycles. The Balaban J connectivity index is 1.44. The number of aromatic amines is 1. The molecule has 0 bridgehead atoms. The molecule has 4 aromatic rings. The lowest BCUT2D eigenvalue weighted by atomic mass is 10.2. The van der Waals surface area contributed by atoms with Gasteiger partial charge in [-0.25, -0.2) is 15.0 Å². The highest BCUT2D eigenvalue weighted by Gasteiger charge is 2.35. The first kappa shape index (κ1) is 25.9. The minimum Gasteiger partial charge on any atom is -0.506 e. The molecule has 0 saturated heterocycles. The number of carbonyl (C=O) groups is 2. The van der Waals surface area contributed by atoms with Gasteiger partial charge in [0.15, 0.2) is 0 Å². The maximum atomic E-state index is 12.9. The number of fused-ring (bicyclic) bond motifs is 1. The number of thiazole rings is 1. The molecule has 4 rings (SSSR count). The average Bonchev–Trinajstić information content (AvgIpc) is 3.46. The van der Waals surface area contributed by atoms with Crippen molar-refractivity contribution in [3.8, 4) is 5.75 Å². The number of aromatic nitrogens is 4. The van der Waals surface area contributed by atoms with Crippen LogP contribution in [0.5, 0.6) is 5.75 Å². The fraction of sp³-hybridized carbons (Fsp3) is 0.190. The Morgan fingerprint density at radius 2 is 1.76 bits per heavy atom. The van der Waals surface area contributed by atoms with Crippen molar-refractivity contribution >= 4 is 40.0 Å². The van der Waals surface area contributed by atoms with Crippen molar-refractivity contribution in [2.24, 2.45) is 0 Å². The van der Waals surface area contributed by atoms with Crippen molar-refractivity contribution in [2.45, 2.75) is 25.3 Å². The first-order chi connectivity index (χ1) is 17.2. The third-order valence-electron chi connectivity index (χ3n) is 4.91. The standard InChI is InChI=1S/C21H14F6N6O3S/c1-8(30-16(35)9-2-3-11-12(4-9)32-19(31-11)21(25,26)27)18-29-7-14(37-18)17(36)33-15-5-10(20(22,23)24)13(34)6-28-15/h2-8,34H,1H3,(H,30,35)(H,31,32)(H,28,33,36)/t8-/m1/s1. The maximum absolute atomic E-state index is 12.9. The van der Waals surface area contributed by atoms with Gasteiger partial charge in [0.1, 0.15) is 27.0 Å². The number of pyridine rings is 1. The third kappa shape index (κ3) is 5.63. The Hall–Kier alpha value is -4.21. The molecule has 3 heterocycles. The molecule has 9 nitrogen and oxygen atoms in total. The van der Waals surface area contributed by atoms with E-state index in [1.807, 2.05) is 0 Å². The minimum atomic E-state index is -4.86. The number of aromatic hydroxyl groups is 1. The molecular formula is C21H14F6N6O3S. The van der Waals surface area contributed by atoms with Crippen LogP contribution in [0, 0.1) is 0 Å².